The molecule has 5 rings (SSSR count). The summed E-state index contributed by atoms with van der Waals surface area (Å²) in [4.78, 5) is 17.2. The van der Waals surface area contributed by atoms with Crippen LogP contribution in [0.25, 0.3) is 0 Å². The summed E-state index contributed by atoms with van der Waals surface area (Å²) in [6.45, 7) is 6.66. The van der Waals surface area contributed by atoms with Crippen LogP contribution < -0.4 is 0 Å². The number of carbonyl (C=O) groups excluding carboxylic acids is 1. The van der Waals surface area contributed by atoms with Crippen LogP contribution in [0.5, 0.6) is 0 Å². The minimum Gasteiger partial charge on any atom is -0.338 e. The molecule has 2 aliphatic heterocycles. The van der Waals surface area contributed by atoms with E-state index in [0.29, 0.717) is 23.7 Å². The van der Waals surface area contributed by atoms with Crippen LogP contribution in [0.15, 0.2) is 35.9 Å². The molecule has 2 heterocycles. The molecule has 3 fully saturated rings. The number of allylic oxidation sites excluding steroid dienone is 1. The third kappa shape index (κ3) is 3.47. The van der Waals surface area contributed by atoms with Crippen LogP contribution in [-0.4, -0.2) is 47.9 Å². The Morgan fingerprint density at radius 1 is 1.11 bits per heavy atom. The minimum absolute atomic E-state index is 0.348. The molecule has 1 amide bonds. The molecule has 0 radical (unpaired) electrons. The van der Waals surface area contributed by atoms with Gasteiger partial charge in [0.15, 0.2) is 0 Å². The van der Waals surface area contributed by atoms with Gasteiger partial charge in [-0.1, -0.05) is 30.3 Å². The molecule has 4 aliphatic rings. The molecule has 144 valence electrons. The maximum atomic E-state index is 12.4. The number of carbonyl (C=O) groups is 1. The van der Waals surface area contributed by atoms with Gasteiger partial charge in [-0.05, 0) is 74.6 Å². The number of hydrogen-bond donors (Lipinski definition) is 0. The van der Waals surface area contributed by atoms with Crippen molar-refractivity contribution < 1.29 is 4.79 Å². The Labute approximate surface area is 163 Å². The second-order valence-corrected chi connectivity index (χ2v) is 9.24. The first-order valence-corrected chi connectivity index (χ1v) is 11.0. The Bertz CT molecular complexity index is 733. The van der Waals surface area contributed by atoms with Crippen molar-refractivity contribution in [2.75, 3.05) is 26.2 Å². The standard InChI is InChI=1S/C24H32N2O/c1-17-3-2-13-25(17)14-12-18-4-6-19(7-5-18)22-11-10-21-15-26(16-23(21)22)24(27)20-8-9-20/h4-7,10,17,20,22-23H,2-3,8-9,11-16H2,1H3/t17?,22-,23-/m0/s1. The van der Waals surface area contributed by atoms with Gasteiger partial charge in [-0.3, -0.25) is 4.79 Å². The predicted molar refractivity (Wildman–Crippen MR) is 109 cm³/mol. The molecule has 27 heavy (non-hydrogen) atoms. The Morgan fingerprint density at radius 2 is 1.93 bits per heavy atom. The lowest BCUT2D eigenvalue weighted by Gasteiger charge is -2.22. The van der Waals surface area contributed by atoms with Crippen LogP contribution in [0.3, 0.4) is 0 Å². The van der Waals surface area contributed by atoms with E-state index in [1.54, 1.807) is 0 Å². The summed E-state index contributed by atoms with van der Waals surface area (Å²) in [7, 11) is 0. The fraction of sp³-hybridized carbons (Fsp3) is 0.625. The fourth-order valence-corrected chi connectivity index (χ4v) is 5.45. The molecule has 3 nitrogen and oxygen atoms in total. The zero-order valence-electron chi connectivity index (χ0n) is 16.6. The highest BCUT2D eigenvalue weighted by atomic mass is 16.2. The highest BCUT2D eigenvalue weighted by molar-refractivity contribution is 5.82. The molecule has 1 unspecified atom stereocenters. The van der Waals surface area contributed by atoms with Crippen LogP contribution in [0, 0.1) is 11.8 Å². The summed E-state index contributed by atoms with van der Waals surface area (Å²) in [5, 5.41) is 0. The number of hydrogen-bond acceptors (Lipinski definition) is 2. The van der Waals surface area contributed by atoms with Gasteiger partial charge < -0.3 is 9.80 Å². The Balaban J connectivity index is 1.20. The van der Waals surface area contributed by atoms with Crippen molar-refractivity contribution in [1.29, 1.82) is 0 Å². The molecular formula is C24H32N2O. The average Bonchev–Trinajstić information content (AvgIpc) is 3.13. The van der Waals surface area contributed by atoms with Crippen molar-refractivity contribution in [1.82, 2.24) is 9.80 Å². The largest absolute Gasteiger partial charge is 0.338 e. The van der Waals surface area contributed by atoms with E-state index in [2.05, 4.69) is 47.1 Å². The van der Waals surface area contributed by atoms with Crippen molar-refractivity contribution in [3.63, 3.8) is 0 Å². The number of benzene rings is 1. The Hall–Kier alpha value is -1.61. The van der Waals surface area contributed by atoms with Gasteiger partial charge in [0.25, 0.3) is 0 Å². The van der Waals surface area contributed by atoms with E-state index >= 15 is 0 Å². The van der Waals surface area contributed by atoms with Crippen molar-refractivity contribution in [2.24, 2.45) is 11.8 Å². The van der Waals surface area contributed by atoms with Crippen molar-refractivity contribution in [3.8, 4) is 0 Å². The van der Waals surface area contributed by atoms with E-state index in [9.17, 15) is 4.79 Å². The van der Waals surface area contributed by atoms with Crippen LogP contribution in [-0.2, 0) is 11.2 Å². The van der Waals surface area contributed by atoms with E-state index in [4.69, 9.17) is 0 Å². The Kier molecular flexibility index (Phi) is 4.59. The SMILES string of the molecule is CC1CCCN1CCc1ccc([C@@H]2CC=C3CN(C(=O)C4CC4)C[C@@H]32)cc1. The minimum atomic E-state index is 0.348. The maximum absolute atomic E-state index is 12.4. The number of nitrogens with zero attached hydrogens (tertiary/aromatic N) is 2. The molecule has 2 saturated heterocycles. The molecule has 2 aliphatic carbocycles. The lowest BCUT2D eigenvalue weighted by molar-refractivity contribution is -0.131. The third-order valence-electron chi connectivity index (χ3n) is 7.41. The summed E-state index contributed by atoms with van der Waals surface area (Å²) in [6.07, 6.45) is 9.66. The van der Waals surface area contributed by atoms with Gasteiger partial charge in [0.05, 0.1) is 0 Å². The van der Waals surface area contributed by atoms with E-state index in [-0.39, 0.29) is 0 Å². The normalized spacial score (nSPS) is 30.6. The highest BCUT2D eigenvalue weighted by Crippen LogP contribution is 2.45. The van der Waals surface area contributed by atoms with Crippen molar-refractivity contribution in [3.05, 3.63) is 47.0 Å². The highest BCUT2D eigenvalue weighted by Gasteiger charge is 2.42. The molecule has 1 aromatic rings. The molecule has 1 aromatic carbocycles. The van der Waals surface area contributed by atoms with E-state index in [1.807, 2.05) is 0 Å². The quantitative estimate of drug-likeness (QED) is 0.738. The Morgan fingerprint density at radius 3 is 2.63 bits per heavy atom. The van der Waals surface area contributed by atoms with Crippen LogP contribution in [0.1, 0.15) is 56.1 Å². The topological polar surface area (TPSA) is 23.6 Å². The monoisotopic (exact) mass is 364 g/mol. The summed E-state index contributed by atoms with van der Waals surface area (Å²) in [5.41, 5.74) is 4.44. The second kappa shape index (κ2) is 7.09. The molecule has 0 aromatic heterocycles. The predicted octanol–water partition coefficient (Wildman–Crippen LogP) is 4.00. The third-order valence-corrected chi connectivity index (χ3v) is 7.41. The summed E-state index contributed by atoms with van der Waals surface area (Å²) in [6, 6.07) is 10.2. The molecule has 3 atom stereocenters. The lowest BCUT2D eigenvalue weighted by Crippen LogP contribution is -2.30. The first-order chi connectivity index (χ1) is 13.2. The average molecular weight is 365 g/mol. The first-order valence-electron chi connectivity index (χ1n) is 11.0. The molecular weight excluding hydrogens is 332 g/mol. The second-order valence-electron chi connectivity index (χ2n) is 9.24. The van der Waals surface area contributed by atoms with Gasteiger partial charge in [-0.2, -0.15) is 0 Å². The van der Waals surface area contributed by atoms with Crippen molar-refractivity contribution >= 4 is 5.91 Å². The zero-order valence-corrected chi connectivity index (χ0v) is 16.6. The summed E-state index contributed by atoms with van der Waals surface area (Å²) in [5.74, 6) is 1.89. The smallest absolute Gasteiger partial charge is 0.225 e. The van der Waals surface area contributed by atoms with Gasteiger partial charge in [-0.25, -0.2) is 0 Å². The number of fused-ring (bicyclic) bond motifs is 1. The number of likely N-dealkylation sites (tertiary alicyclic amines) is 2. The first kappa shape index (κ1) is 17.5. The van der Waals surface area contributed by atoms with Crippen LogP contribution >= 0.6 is 0 Å². The molecule has 1 saturated carbocycles. The van der Waals surface area contributed by atoms with E-state index < -0.39 is 0 Å². The van der Waals surface area contributed by atoms with Gasteiger partial charge >= 0.3 is 0 Å². The van der Waals surface area contributed by atoms with Gasteiger partial charge in [0.2, 0.25) is 5.91 Å². The zero-order chi connectivity index (χ0) is 18.4. The van der Waals surface area contributed by atoms with Gasteiger partial charge in [0, 0.05) is 37.5 Å². The molecule has 0 spiro atoms. The fourth-order valence-electron chi connectivity index (χ4n) is 5.45. The van der Waals surface area contributed by atoms with E-state index in [0.717, 1.165) is 44.8 Å². The van der Waals surface area contributed by atoms with Gasteiger partial charge in [-0.15, -0.1) is 0 Å². The number of rotatable bonds is 5. The van der Waals surface area contributed by atoms with Gasteiger partial charge in [0.1, 0.15) is 0 Å². The number of amides is 1. The molecule has 0 N–H and O–H groups in total. The summed E-state index contributed by atoms with van der Waals surface area (Å²) < 4.78 is 0. The summed E-state index contributed by atoms with van der Waals surface area (Å²) >= 11 is 0. The van der Waals surface area contributed by atoms with Crippen molar-refractivity contribution in [2.45, 2.75) is 57.4 Å². The van der Waals surface area contributed by atoms with Crippen LogP contribution in [0.2, 0.25) is 0 Å². The molecule has 3 heteroatoms. The maximum Gasteiger partial charge on any atom is 0.225 e. The molecule has 0 bridgehead atoms. The lowest BCUT2D eigenvalue weighted by atomic mass is 9.86. The van der Waals surface area contributed by atoms with E-state index in [1.165, 1.54) is 42.6 Å². The van der Waals surface area contributed by atoms with Crippen LogP contribution in [0.4, 0.5) is 0 Å².